The molecule has 0 fully saturated rings. The number of nitrogens with one attached hydrogen (secondary N) is 2. The third kappa shape index (κ3) is 4.93. The minimum atomic E-state index is -0.405. The number of ketones is 1. The summed E-state index contributed by atoms with van der Waals surface area (Å²) < 4.78 is 0. The number of hydrogen-bond acceptors (Lipinski definition) is 3. The first kappa shape index (κ1) is 14.1. The highest BCUT2D eigenvalue weighted by atomic mass is 16.2. The summed E-state index contributed by atoms with van der Waals surface area (Å²) in [7, 11) is 0. The van der Waals surface area contributed by atoms with Crippen LogP contribution in [0.3, 0.4) is 0 Å². The van der Waals surface area contributed by atoms with Gasteiger partial charge in [-0.2, -0.15) is 0 Å². The number of hydrogen-bond donors (Lipinski definition) is 2. The van der Waals surface area contributed by atoms with Crippen molar-refractivity contribution in [2.45, 2.75) is 46.7 Å². The van der Waals surface area contributed by atoms with Crippen LogP contribution in [0.5, 0.6) is 0 Å². The molecule has 2 N–H and O–H groups in total. The number of Topliss-reactive ketones (excluding diaryl/α,β-unsaturated/α-hetero) is 1. The predicted octanol–water partition coefficient (Wildman–Crippen LogP) is 0.714. The molecule has 0 aliphatic heterocycles. The first-order chi connectivity index (χ1) is 6.90. The SMILES string of the molecule is CCN[C@H](C(=O)N[C@H](C)C(C)=O)C(C)C. The molecule has 0 rings (SSSR count). The number of rotatable bonds is 6. The average molecular weight is 214 g/mol. The summed E-state index contributed by atoms with van der Waals surface area (Å²) in [6, 6.07) is -0.630. The molecule has 0 aliphatic carbocycles. The Bertz CT molecular complexity index is 227. The molecule has 0 aromatic rings. The van der Waals surface area contributed by atoms with Gasteiger partial charge < -0.3 is 10.6 Å². The van der Waals surface area contributed by atoms with E-state index < -0.39 is 6.04 Å². The van der Waals surface area contributed by atoms with Gasteiger partial charge >= 0.3 is 0 Å². The third-order valence-electron chi connectivity index (χ3n) is 2.34. The van der Waals surface area contributed by atoms with Gasteiger partial charge in [0.05, 0.1) is 12.1 Å². The van der Waals surface area contributed by atoms with Gasteiger partial charge in [0.25, 0.3) is 0 Å². The monoisotopic (exact) mass is 214 g/mol. The van der Waals surface area contributed by atoms with E-state index in [1.54, 1.807) is 6.92 Å². The van der Waals surface area contributed by atoms with E-state index in [4.69, 9.17) is 0 Å². The topological polar surface area (TPSA) is 58.2 Å². The first-order valence-electron chi connectivity index (χ1n) is 5.44. The van der Waals surface area contributed by atoms with Gasteiger partial charge in [0.2, 0.25) is 5.91 Å². The van der Waals surface area contributed by atoms with E-state index in [9.17, 15) is 9.59 Å². The molecule has 0 radical (unpaired) electrons. The normalized spacial score (nSPS) is 14.8. The summed E-state index contributed by atoms with van der Waals surface area (Å²) in [4.78, 5) is 22.8. The molecule has 0 aromatic carbocycles. The number of amides is 1. The average Bonchev–Trinajstić information content (AvgIpc) is 2.12. The summed E-state index contributed by atoms with van der Waals surface area (Å²) in [6.07, 6.45) is 0. The van der Waals surface area contributed by atoms with Crippen LogP contribution in [0.2, 0.25) is 0 Å². The summed E-state index contributed by atoms with van der Waals surface area (Å²) in [5.41, 5.74) is 0. The fraction of sp³-hybridized carbons (Fsp3) is 0.818. The Kier molecular flexibility index (Phi) is 6.17. The highest BCUT2D eigenvalue weighted by molar-refractivity contribution is 5.89. The van der Waals surface area contributed by atoms with Crippen molar-refractivity contribution in [1.29, 1.82) is 0 Å². The second-order valence-corrected chi connectivity index (χ2v) is 4.12. The molecular formula is C11H22N2O2. The molecule has 1 amide bonds. The first-order valence-corrected chi connectivity index (χ1v) is 5.44. The van der Waals surface area contributed by atoms with Crippen LogP contribution < -0.4 is 10.6 Å². The highest BCUT2D eigenvalue weighted by Gasteiger charge is 2.22. The number of likely N-dealkylation sites (N-methyl/N-ethyl adjacent to an activating group) is 1. The van der Waals surface area contributed by atoms with E-state index in [1.165, 1.54) is 6.92 Å². The molecule has 0 saturated carbocycles. The molecule has 4 nitrogen and oxygen atoms in total. The molecular weight excluding hydrogens is 192 g/mol. The number of carbonyl (C=O) groups is 2. The fourth-order valence-electron chi connectivity index (χ4n) is 1.26. The highest BCUT2D eigenvalue weighted by Crippen LogP contribution is 2.02. The van der Waals surface area contributed by atoms with Crippen LogP contribution in [0.25, 0.3) is 0 Å². The maximum absolute atomic E-state index is 11.8. The van der Waals surface area contributed by atoms with E-state index in [0.29, 0.717) is 0 Å². The van der Waals surface area contributed by atoms with Crippen molar-refractivity contribution in [2.24, 2.45) is 5.92 Å². The lowest BCUT2D eigenvalue weighted by molar-refractivity contribution is -0.128. The zero-order valence-corrected chi connectivity index (χ0v) is 10.3. The van der Waals surface area contributed by atoms with Gasteiger partial charge in [0, 0.05) is 0 Å². The van der Waals surface area contributed by atoms with Crippen LogP contribution in [0.15, 0.2) is 0 Å². The third-order valence-corrected chi connectivity index (χ3v) is 2.34. The molecule has 0 spiro atoms. The smallest absolute Gasteiger partial charge is 0.237 e. The van der Waals surface area contributed by atoms with Crippen molar-refractivity contribution >= 4 is 11.7 Å². The van der Waals surface area contributed by atoms with E-state index in [2.05, 4.69) is 10.6 Å². The summed E-state index contributed by atoms with van der Waals surface area (Å²) >= 11 is 0. The van der Waals surface area contributed by atoms with Crippen molar-refractivity contribution in [3.05, 3.63) is 0 Å². The maximum atomic E-state index is 11.8. The van der Waals surface area contributed by atoms with Crippen LogP contribution >= 0.6 is 0 Å². The largest absolute Gasteiger partial charge is 0.345 e. The number of carbonyl (C=O) groups excluding carboxylic acids is 2. The lowest BCUT2D eigenvalue weighted by atomic mass is 10.0. The van der Waals surface area contributed by atoms with E-state index in [-0.39, 0.29) is 23.7 Å². The standard InChI is InChI=1S/C11H22N2O2/c1-6-12-10(7(2)3)11(15)13-8(4)9(5)14/h7-8,10,12H,6H2,1-5H3,(H,13,15)/t8-,10+/m1/s1. The Morgan fingerprint density at radius 3 is 2.07 bits per heavy atom. The second-order valence-electron chi connectivity index (χ2n) is 4.12. The van der Waals surface area contributed by atoms with Crippen LogP contribution in [-0.4, -0.2) is 30.3 Å². The van der Waals surface area contributed by atoms with Gasteiger partial charge in [0.1, 0.15) is 0 Å². The summed E-state index contributed by atoms with van der Waals surface area (Å²) in [6.45, 7) is 9.82. The van der Waals surface area contributed by atoms with Crippen molar-refractivity contribution < 1.29 is 9.59 Å². The van der Waals surface area contributed by atoms with E-state index >= 15 is 0 Å². The van der Waals surface area contributed by atoms with Gasteiger partial charge in [-0.15, -0.1) is 0 Å². The molecule has 0 heterocycles. The Morgan fingerprint density at radius 2 is 1.73 bits per heavy atom. The lowest BCUT2D eigenvalue weighted by Crippen LogP contribution is -2.51. The Balaban J connectivity index is 4.32. The second kappa shape index (κ2) is 6.56. The molecule has 0 unspecified atom stereocenters. The predicted molar refractivity (Wildman–Crippen MR) is 60.6 cm³/mol. The van der Waals surface area contributed by atoms with Gasteiger partial charge in [-0.3, -0.25) is 9.59 Å². The van der Waals surface area contributed by atoms with Crippen molar-refractivity contribution in [2.75, 3.05) is 6.54 Å². The zero-order chi connectivity index (χ0) is 12.0. The van der Waals surface area contributed by atoms with Gasteiger partial charge in [-0.05, 0) is 26.3 Å². The minimum absolute atomic E-state index is 0.0256. The minimum Gasteiger partial charge on any atom is -0.345 e. The molecule has 15 heavy (non-hydrogen) atoms. The van der Waals surface area contributed by atoms with Crippen LogP contribution in [0.4, 0.5) is 0 Å². The summed E-state index contributed by atoms with van der Waals surface area (Å²) in [5, 5.41) is 5.80. The van der Waals surface area contributed by atoms with Crippen LogP contribution in [0, 0.1) is 5.92 Å². The quantitative estimate of drug-likeness (QED) is 0.685. The Hall–Kier alpha value is -0.900. The van der Waals surface area contributed by atoms with Crippen molar-refractivity contribution in [3.63, 3.8) is 0 Å². The molecule has 4 heteroatoms. The van der Waals surface area contributed by atoms with Crippen LogP contribution in [0.1, 0.15) is 34.6 Å². The molecule has 0 bridgehead atoms. The van der Waals surface area contributed by atoms with Crippen molar-refractivity contribution in [1.82, 2.24) is 10.6 Å². The maximum Gasteiger partial charge on any atom is 0.237 e. The van der Waals surface area contributed by atoms with Gasteiger partial charge in [-0.1, -0.05) is 20.8 Å². The molecule has 2 atom stereocenters. The lowest BCUT2D eigenvalue weighted by Gasteiger charge is -2.22. The Morgan fingerprint density at radius 1 is 1.20 bits per heavy atom. The van der Waals surface area contributed by atoms with Gasteiger partial charge in [0.15, 0.2) is 5.78 Å². The van der Waals surface area contributed by atoms with E-state index in [1.807, 2.05) is 20.8 Å². The zero-order valence-electron chi connectivity index (χ0n) is 10.3. The fourth-order valence-corrected chi connectivity index (χ4v) is 1.26. The molecule has 0 saturated heterocycles. The molecule has 0 aliphatic rings. The van der Waals surface area contributed by atoms with Gasteiger partial charge in [-0.25, -0.2) is 0 Å². The van der Waals surface area contributed by atoms with Crippen LogP contribution in [-0.2, 0) is 9.59 Å². The molecule has 0 aromatic heterocycles. The Labute approximate surface area is 91.8 Å². The summed E-state index contributed by atoms with van der Waals surface area (Å²) in [5.74, 6) is 0.0843. The molecule has 88 valence electrons. The van der Waals surface area contributed by atoms with E-state index in [0.717, 1.165) is 6.54 Å². The van der Waals surface area contributed by atoms with Crippen molar-refractivity contribution in [3.8, 4) is 0 Å².